The summed E-state index contributed by atoms with van der Waals surface area (Å²) in [5.41, 5.74) is 11.9. The Morgan fingerprint density at radius 1 is 0.415 bits per heavy atom. The molecule has 3 heteroatoms. The highest BCUT2D eigenvalue weighted by molar-refractivity contribution is 6.05. The van der Waals surface area contributed by atoms with Gasteiger partial charge in [-0.3, -0.25) is 4.40 Å². The number of para-hydroxylation sites is 2. The second-order valence-electron chi connectivity index (χ2n) is 10.3. The Hall–Kier alpha value is -5.54. The van der Waals surface area contributed by atoms with Gasteiger partial charge in [-0.25, -0.2) is 9.97 Å². The lowest BCUT2D eigenvalue weighted by molar-refractivity contribution is 1.25. The Morgan fingerprint density at radius 3 is 1.73 bits per heavy atom. The third-order valence-corrected chi connectivity index (χ3v) is 7.78. The van der Waals surface area contributed by atoms with Crippen LogP contribution >= 0.6 is 0 Å². The molecule has 3 nitrogen and oxygen atoms in total. The molecule has 0 bridgehead atoms. The maximum absolute atomic E-state index is 5.07. The van der Waals surface area contributed by atoms with Crippen molar-refractivity contribution in [1.82, 2.24) is 14.4 Å². The smallest absolute Gasteiger partial charge is 0.145 e. The largest absolute Gasteiger partial charge is 0.298 e. The topological polar surface area (TPSA) is 30.2 Å². The van der Waals surface area contributed by atoms with Crippen LogP contribution in [0.25, 0.3) is 72.2 Å². The van der Waals surface area contributed by atoms with Crippen molar-refractivity contribution in [2.45, 2.75) is 0 Å². The first-order chi connectivity index (χ1) is 20.3. The van der Waals surface area contributed by atoms with Crippen LogP contribution in [0.4, 0.5) is 0 Å². The number of rotatable bonds is 4. The predicted molar refractivity (Wildman–Crippen MR) is 170 cm³/mol. The molecule has 0 radical (unpaired) electrons. The molecular weight excluding hydrogens is 498 g/mol. The third kappa shape index (κ3) is 4.07. The highest BCUT2D eigenvalue weighted by atomic mass is 15.0. The van der Waals surface area contributed by atoms with Crippen LogP contribution in [0.15, 0.2) is 152 Å². The number of hydrogen-bond donors (Lipinski definition) is 0. The van der Waals surface area contributed by atoms with Gasteiger partial charge in [0.15, 0.2) is 0 Å². The fourth-order valence-corrected chi connectivity index (χ4v) is 5.78. The summed E-state index contributed by atoms with van der Waals surface area (Å²) in [5, 5.41) is 2.34. The lowest BCUT2D eigenvalue weighted by atomic mass is 9.95. The van der Waals surface area contributed by atoms with Gasteiger partial charge in [-0.1, -0.05) is 115 Å². The second kappa shape index (κ2) is 9.58. The van der Waals surface area contributed by atoms with Gasteiger partial charge in [0, 0.05) is 28.3 Å². The number of benzene rings is 5. The summed E-state index contributed by atoms with van der Waals surface area (Å²) in [6.45, 7) is 0. The van der Waals surface area contributed by atoms with E-state index in [0.29, 0.717) is 0 Å². The molecule has 0 atom stereocenters. The average molecular weight is 524 g/mol. The van der Waals surface area contributed by atoms with Crippen molar-refractivity contribution in [2.24, 2.45) is 0 Å². The molecule has 0 amide bonds. The zero-order valence-electron chi connectivity index (χ0n) is 22.3. The maximum atomic E-state index is 5.07. The van der Waals surface area contributed by atoms with Crippen LogP contribution in [-0.2, 0) is 0 Å². The summed E-state index contributed by atoms with van der Waals surface area (Å²) in [6, 6.07) is 51.0. The van der Waals surface area contributed by atoms with Crippen LogP contribution < -0.4 is 0 Å². The van der Waals surface area contributed by atoms with Crippen molar-refractivity contribution in [2.75, 3.05) is 0 Å². The van der Waals surface area contributed by atoms with Crippen LogP contribution in [0.1, 0.15) is 0 Å². The van der Waals surface area contributed by atoms with Crippen molar-refractivity contribution in [1.29, 1.82) is 0 Å². The first-order valence-corrected chi connectivity index (χ1v) is 13.8. The first kappa shape index (κ1) is 23.4. The van der Waals surface area contributed by atoms with E-state index in [1.807, 2.05) is 18.2 Å². The van der Waals surface area contributed by atoms with Crippen LogP contribution in [0.3, 0.4) is 0 Å². The fourth-order valence-electron chi connectivity index (χ4n) is 5.78. The van der Waals surface area contributed by atoms with E-state index in [2.05, 4.69) is 138 Å². The van der Waals surface area contributed by atoms with Gasteiger partial charge < -0.3 is 0 Å². The zero-order valence-corrected chi connectivity index (χ0v) is 22.3. The van der Waals surface area contributed by atoms with E-state index in [1.165, 1.54) is 10.9 Å². The molecule has 0 spiro atoms. The maximum Gasteiger partial charge on any atom is 0.145 e. The van der Waals surface area contributed by atoms with E-state index in [9.17, 15) is 0 Å². The molecule has 0 saturated heterocycles. The summed E-state index contributed by atoms with van der Waals surface area (Å²) in [7, 11) is 0. The van der Waals surface area contributed by atoms with Gasteiger partial charge in [-0.05, 0) is 52.4 Å². The summed E-state index contributed by atoms with van der Waals surface area (Å²) < 4.78 is 2.23. The van der Waals surface area contributed by atoms with Crippen molar-refractivity contribution in [3.8, 4) is 44.8 Å². The molecule has 192 valence electrons. The summed E-state index contributed by atoms with van der Waals surface area (Å²) in [5.74, 6) is 0. The van der Waals surface area contributed by atoms with Gasteiger partial charge in [0.25, 0.3) is 0 Å². The summed E-state index contributed by atoms with van der Waals surface area (Å²) in [4.78, 5) is 10.0. The van der Waals surface area contributed by atoms with E-state index in [1.54, 1.807) is 0 Å². The van der Waals surface area contributed by atoms with E-state index >= 15 is 0 Å². The average Bonchev–Trinajstić information content (AvgIpc) is 3.44. The van der Waals surface area contributed by atoms with Crippen molar-refractivity contribution in [3.63, 3.8) is 0 Å². The molecule has 0 aliphatic carbocycles. The minimum atomic E-state index is 0.962. The highest BCUT2D eigenvalue weighted by Crippen LogP contribution is 2.36. The lowest BCUT2D eigenvalue weighted by Gasteiger charge is -2.13. The van der Waals surface area contributed by atoms with Crippen LogP contribution in [0.2, 0.25) is 0 Å². The second-order valence-corrected chi connectivity index (χ2v) is 10.3. The van der Waals surface area contributed by atoms with E-state index in [4.69, 9.17) is 9.97 Å². The molecule has 41 heavy (non-hydrogen) atoms. The summed E-state index contributed by atoms with van der Waals surface area (Å²) in [6.07, 6.45) is 2.24. The van der Waals surface area contributed by atoms with E-state index < -0.39 is 0 Å². The zero-order chi connectivity index (χ0) is 27.2. The number of aromatic nitrogens is 3. The van der Waals surface area contributed by atoms with Crippen molar-refractivity contribution < 1.29 is 0 Å². The molecule has 3 aromatic heterocycles. The highest BCUT2D eigenvalue weighted by Gasteiger charge is 2.14. The van der Waals surface area contributed by atoms with Crippen molar-refractivity contribution >= 4 is 27.5 Å². The molecule has 3 heterocycles. The SMILES string of the molecule is c1ccc(-c2cc(-c3cccc(-c4cn5c6ccccc6nc5c5ccccc45)c3)cc(-c3ccccc3)n2)cc1. The first-order valence-electron chi connectivity index (χ1n) is 13.8. The molecule has 0 aliphatic rings. The monoisotopic (exact) mass is 523 g/mol. The molecule has 8 aromatic rings. The Balaban J connectivity index is 1.34. The van der Waals surface area contributed by atoms with Crippen molar-refractivity contribution in [3.05, 3.63) is 152 Å². The molecule has 5 aromatic carbocycles. The minimum absolute atomic E-state index is 0.962. The number of hydrogen-bond acceptors (Lipinski definition) is 2. The van der Waals surface area contributed by atoms with Crippen LogP contribution in [0, 0.1) is 0 Å². The van der Waals surface area contributed by atoms with Gasteiger partial charge in [0.05, 0.1) is 22.4 Å². The van der Waals surface area contributed by atoms with Gasteiger partial charge >= 0.3 is 0 Å². The predicted octanol–water partition coefficient (Wildman–Crippen LogP) is 9.70. The van der Waals surface area contributed by atoms with E-state index in [0.717, 1.165) is 61.3 Å². The van der Waals surface area contributed by atoms with Gasteiger partial charge in [-0.2, -0.15) is 0 Å². The Morgan fingerprint density at radius 2 is 1.00 bits per heavy atom. The molecule has 0 aliphatic heterocycles. The lowest BCUT2D eigenvalue weighted by Crippen LogP contribution is -1.93. The Labute approximate surface area is 238 Å². The third-order valence-electron chi connectivity index (χ3n) is 7.78. The number of pyridine rings is 2. The number of imidazole rings is 1. The molecule has 8 rings (SSSR count). The summed E-state index contributed by atoms with van der Waals surface area (Å²) >= 11 is 0. The fraction of sp³-hybridized carbons (Fsp3) is 0. The minimum Gasteiger partial charge on any atom is -0.298 e. The quantitative estimate of drug-likeness (QED) is 0.230. The standard InChI is InChI=1S/C38H25N3/c1-3-12-26(13-4-1)35-23-30(24-36(39-35)27-14-5-2-6-15-27)28-16-11-17-29(22-28)33-25-41-37-21-10-9-20-34(37)40-38(41)32-19-8-7-18-31(32)33/h1-25H. The Bertz CT molecular complexity index is 2140. The molecular formula is C38H25N3. The number of nitrogens with zero attached hydrogens (tertiary/aromatic N) is 3. The van der Waals surface area contributed by atoms with Gasteiger partial charge in [-0.15, -0.1) is 0 Å². The normalized spacial score (nSPS) is 11.4. The molecule has 0 unspecified atom stereocenters. The van der Waals surface area contributed by atoms with Crippen LogP contribution in [0.5, 0.6) is 0 Å². The molecule has 0 fully saturated rings. The molecule has 0 saturated carbocycles. The van der Waals surface area contributed by atoms with Crippen LogP contribution in [-0.4, -0.2) is 14.4 Å². The Kier molecular flexibility index (Phi) is 5.46. The van der Waals surface area contributed by atoms with E-state index in [-0.39, 0.29) is 0 Å². The van der Waals surface area contributed by atoms with Gasteiger partial charge in [0.1, 0.15) is 5.65 Å². The van der Waals surface area contributed by atoms with Gasteiger partial charge in [0.2, 0.25) is 0 Å². The molecule has 0 N–H and O–H groups in total. The number of fused-ring (bicyclic) bond motifs is 5.